The Labute approximate surface area is 147 Å². The summed E-state index contributed by atoms with van der Waals surface area (Å²) in [6.45, 7) is 8.83. The van der Waals surface area contributed by atoms with Crippen molar-refractivity contribution in [2.45, 2.75) is 53.0 Å². The summed E-state index contributed by atoms with van der Waals surface area (Å²) < 4.78 is 7.27. The third-order valence-electron chi connectivity index (χ3n) is 3.84. The number of hydrogen-bond donors (Lipinski definition) is 1. The molecule has 0 aromatic heterocycles. The van der Waals surface area contributed by atoms with Gasteiger partial charge in [-0.3, -0.25) is 0 Å². The van der Waals surface area contributed by atoms with E-state index in [0.29, 0.717) is 12.0 Å². The van der Waals surface area contributed by atoms with E-state index in [1.165, 1.54) is 22.0 Å². The molecule has 0 aliphatic heterocycles. The third kappa shape index (κ3) is 6.69. The number of halogens is 1. The van der Waals surface area contributed by atoms with E-state index in [4.69, 9.17) is 3.07 Å². The van der Waals surface area contributed by atoms with Gasteiger partial charge in [-0.1, -0.05) is 0 Å². The van der Waals surface area contributed by atoms with Crippen molar-refractivity contribution in [3.63, 3.8) is 0 Å². The first kappa shape index (κ1) is 19.5. The fourth-order valence-corrected chi connectivity index (χ4v) is 4.65. The molecule has 0 radical (unpaired) electrons. The van der Waals surface area contributed by atoms with Crippen LogP contribution in [-0.4, -0.2) is 11.5 Å². The summed E-state index contributed by atoms with van der Waals surface area (Å²) in [5, 5.41) is 3.36. The van der Waals surface area contributed by atoms with Gasteiger partial charge >= 0.3 is 148 Å². The molecule has 0 aliphatic rings. The Hall–Kier alpha value is -0.550. The van der Waals surface area contributed by atoms with Gasteiger partial charge in [0.2, 0.25) is 0 Å². The molecule has 0 saturated carbocycles. The molecule has 0 saturated heterocycles. The van der Waals surface area contributed by atoms with E-state index >= 15 is 0 Å². The summed E-state index contributed by atoms with van der Waals surface area (Å²) in [6.07, 6.45) is 8.06. The maximum absolute atomic E-state index is 6.06. The Bertz CT molecular complexity index is 455. The van der Waals surface area contributed by atoms with Crippen LogP contribution in [0, 0.1) is 12.8 Å². The van der Waals surface area contributed by atoms with Gasteiger partial charge in [0.25, 0.3) is 0 Å². The van der Waals surface area contributed by atoms with Crippen LogP contribution >= 0.6 is 0 Å². The first-order chi connectivity index (χ1) is 10.6. The Morgan fingerprint density at radius 1 is 1.32 bits per heavy atom. The Morgan fingerprint density at radius 2 is 2.09 bits per heavy atom. The number of rotatable bonds is 10. The van der Waals surface area contributed by atoms with Gasteiger partial charge in [0, 0.05) is 0 Å². The van der Waals surface area contributed by atoms with Gasteiger partial charge in [0.15, 0.2) is 0 Å². The summed E-state index contributed by atoms with van der Waals surface area (Å²) in [5.41, 5.74) is 2.61. The second-order valence-electron chi connectivity index (χ2n) is 5.75. The predicted octanol–water partition coefficient (Wildman–Crippen LogP) is 2.04. The van der Waals surface area contributed by atoms with E-state index in [9.17, 15) is 0 Å². The average Bonchev–Trinajstić information content (AvgIpc) is 2.52. The molecule has 0 fully saturated rings. The van der Waals surface area contributed by atoms with Gasteiger partial charge in [-0.2, -0.15) is 0 Å². The number of alkyl halides is 1. The van der Waals surface area contributed by atoms with E-state index < -0.39 is 0 Å². The van der Waals surface area contributed by atoms with Gasteiger partial charge < -0.3 is 0 Å². The normalized spacial score (nSPS) is 14.4. The number of aryl methyl sites for hydroxylation is 1. The average molecular weight is 416 g/mol. The summed E-state index contributed by atoms with van der Waals surface area (Å²) in [7, 11) is 2.02. The summed E-state index contributed by atoms with van der Waals surface area (Å²) >= 11 is -0.203. The molecule has 0 aliphatic carbocycles. The molecule has 0 amide bonds. The quantitative estimate of drug-likeness (QED) is 0.273. The molecule has 0 spiro atoms. The SMILES string of the molecule is CCC=CC(C)CC[I-]Oc1ccc(C(CC)NC)cc1C. The van der Waals surface area contributed by atoms with Crippen LogP contribution in [0.2, 0.25) is 0 Å². The van der Waals surface area contributed by atoms with Crippen molar-refractivity contribution < 1.29 is 24.7 Å². The van der Waals surface area contributed by atoms with Crippen LogP contribution in [0.1, 0.15) is 57.2 Å². The number of hydrogen-bond acceptors (Lipinski definition) is 2. The molecule has 1 aromatic carbocycles. The minimum absolute atomic E-state index is 0.203. The molecule has 1 aromatic rings. The monoisotopic (exact) mass is 416 g/mol. The number of nitrogens with one attached hydrogen (secondary N) is 1. The van der Waals surface area contributed by atoms with Crippen LogP contribution in [0.15, 0.2) is 30.4 Å². The van der Waals surface area contributed by atoms with E-state index in [2.05, 4.69) is 63.4 Å². The molecule has 22 heavy (non-hydrogen) atoms. The van der Waals surface area contributed by atoms with Gasteiger partial charge in [0.05, 0.1) is 0 Å². The molecule has 3 heteroatoms. The molecule has 126 valence electrons. The van der Waals surface area contributed by atoms with Crippen LogP contribution in [0.25, 0.3) is 0 Å². The molecule has 2 atom stereocenters. The van der Waals surface area contributed by atoms with Crippen LogP contribution in [-0.2, 0) is 0 Å². The zero-order chi connectivity index (χ0) is 16.4. The van der Waals surface area contributed by atoms with Crippen molar-refractivity contribution in [2.75, 3.05) is 11.5 Å². The second-order valence-corrected chi connectivity index (χ2v) is 7.89. The van der Waals surface area contributed by atoms with Crippen LogP contribution in [0.4, 0.5) is 0 Å². The van der Waals surface area contributed by atoms with Crippen molar-refractivity contribution in [2.24, 2.45) is 5.92 Å². The summed E-state index contributed by atoms with van der Waals surface area (Å²) in [5.74, 6) is 1.74. The molecule has 1 rings (SSSR count). The molecule has 2 unspecified atom stereocenters. The predicted molar refractivity (Wildman–Crippen MR) is 92.0 cm³/mol. The molecule has 0 bridgehead atoms. The summed E-state index contributed by atoms with van der Waals surface area (Å²) in [6, 6.07) is 7.04. The Kier molecular flexibility index (Phi) is 9.80. The molecule has 0 heterocycles. The zero-order valence-electron chi connectivity index (χ0n) is 14.7. The van der Waals surface area contributed by atoms with Crippen molar-refractivity contribution in [1.29, 1.82) is 0 Å². The molecule has 1 N–H and O–H groups in total. The minimum atomic E-state index is -0.203. The molecular formula is C19H31INO-. The standard InChI is InChI=1S/C19H31INO/c1-6-8-9-15(3)12-13-20-22-19-11-10-17(14-16(19)4)18(7-2)21-5/h8-11,14-15,18,21H,6-7,12-13H2,1-5H3/q-1. The molecular weight excluding hydrogens is 385 g/mol. The zero-order valence-corrected chi connectivity index (χ0v) is 16.8. The van der Waals surface area contributed by atoms with E-state index in [-0.39, 0.29) is 21.6 Å². The van der Waals surface area contributed by atoms with Crippen LogP contribution < -0.4 is 30.0 Å². The van der Waals surface area contributed by atoms with Crippen molar-refractivity contribution in [3.8, 4) is 5.75 Å². The third-order valence-corrected chi connectivity index (χ3v) is 5.69. The first-order valence-corrected chi connectivity index (χ1v) is 10.7. The van der Waals surface area contributed by atoms with Crippen molar-refractivity contribution >= 4 is 0 Å². The topological polar surface area (TPSA) is 21.3 Å². The van der Waals surface area contributed by atoms with Gasteiger partial charge in [0.1, 0.15) is 0 Å². The van der Waals surface area contributed by atoms with E-state index in [1.807, 2.05) is 7.05 Å². The fraction of sp³-hybridized carbons (Fsp3) is 0.579. The van der Waals surface area contributed by atoms with Crippen molar-refractivity contribution in [3.05, 3.63) is 41.5 Å². The second kappa shape index (κ2) is 11.1. The Morgan fingerprint density at radius 3 is 2.68 bits per heavy atom. The van der Waals surface area contributed by atoms with Gasteiger partial charge in [-0.15, -0.1) is 0 Å². The van der Waals surface area contributed by atoms with Crippen LogP contribution in [0.5, 0.6) is 5.75 Å². The van der Waals surface area contributed by atoms with Gasteiger partial charge in [-0.25, -0.2) is 0 Å². The fourth-order valence-electron chi connectivity index (χ4n) is 2.36. The van der Waals surface area contributed by atoms with Gasteiger partial charge in [-0.05, 0) is 0 Å². The molecule has 2 nitrogen and oxygen atoms in total. The Balaban J connectivity index is 2.45. The van der Waals surface area contributed by atoms with E-state index in [1.54, 1.807) is 0 Å². The maximum atomic E-state index is 6.06. The number of allylic oxidation sites excluding steroid dienone is 2. The van der Waals surface area contributed by atoms with Crippen molar-refractivity contribution in [1.82, 2.24) is 5.32 Å². The first-order valence-electron chi connectivity index (χ1n) is 8.32. The van der Waals surface area contributed by atoms with Crippen LogP contribution in [0.3, 0.4) is 0 Å². The summed E-state index contributed by atoms with van der Waals surface area (Å²) in [4.78, 5) is 0. The number of benzene rings is 1. The van der Waals surface area contributed by atoms with E-state index in [0.717, 1.165) is 18.6 Å².